The maximum absolute atomic E-state index is 10.6. The van der Waals surface area contributed by atoms with Crippen LogP contribution in [0.4, 0.5) is 0 Å². The highest BCUT2D eigenvalue weighted by Crippen LogP contribution is 2.35. The Hall–Kier alpha value is -1.35. The van der Waals surface area contributed by atoms with Gasteiger partial charge in [0.05, 0.1) is 16.6 Å². The first-order valence-electron chi connectivity index (χ1n) is 7.18. The van der Waals surface area contributed by atoms with Gasteiger partial charge in [-0.25, -0.2) is 4.98 Å². The van der Waals surface area contributed by atoms with Crippen LogP contribution >= 0.6 is 0 Å². The Kier molecular flexibility index (Phi) is 3.09. The largest absolute Gasteiger partial charge is 0.390 e. The minimum atomic E-state index is -0.639. The fraction of sp³-hybridized carbons (Fsp3) is 0.562. The van der Waals surface area contributed by atoms with Crippen molar-refractivity contribution < 1.29 is 5.11 Å². The van der Waals surface area contributed by atoms with E-state index in [1.54, 1.807) is 0 Å². The standard InChI is InChI=1S/C16H22N2O/c1-16(19,10-12-6-5-7-12)11-15-17-13-8-3-4-9-14(13)18(15)2/h3-4,8-9,12,19H,5-7,10-11H2,1-2H3. The molecular formula is C16H22N2O. The molecule has 1 N–H and O–H groups in total. The molecule has 19 heavy (non-hydrogen) atoms. The van der Waals surface area contributed by atoms with E-state index in [0.29, 0.717) is 12.3 Å². The molecule has 0 spiro atoms. The summed E-state index contributed by atoms with van der Waals surface area (Å²) >= 11 is 0. The normalized spacial score (nSPS) is 19.3. The molecule has 1 heterocycles. The molecule has 1 unspecified atom stereocenters. The quantitative estimate of drug-likeness (QED) is 0.915. The molecule has 1 aromatic carbocycles. The molecule has 102 valence electrons. The molecule has 0 radical (unpaired) electrons. The van der Waals surface area contributed by atoms with Gasteiger partial charge in [-0.1, -0.05) is 31.4 Å². The van der Waals surface area contributed by atoms with Gasteiger partial charge in [-0.3, -0.25) is 0 Å². The first-order chi connectivity index (χ1) is 9.05. The second-order valence-electron chi connectivity index (χ2n) is 6.25. The minimum Gasteiger partial charge on any atom is -0.390 e. The minimum absolute atomic E-state index is 0.634. The summed E-state index contributed by atoms with van der Waals surface area (Å²) in [5.74, 6) is 1.69. The van der Waals surface area contributed by atoms with Gasteiger partial charge in [0.25, 0.3) is 0 Å². The molecule has 1 aliphatic rings. The molecule has 3 nitrogen and oxygen atoms in total. The van der Waals surface area contributed by atoms with E-state index in [9.17, 15) is 5.11 Å². The van der Waals surface area contributed by atoms with E-state index >= 15 is 0 Å². The van der Waals surface area contributed by atoms with Crippen LogP contribution in [0.3, 0.4) is 0 Å². The molecule has 1 aliphatic carbocycles. The van der Waals surface area contributed by atoms with Gasteiger partial charge < -0.3 is 9.67 Å². The Morgan fingerprint density at radius 2 is 2.11 bits per heavy atom. The van der Waals surface area contributed by atoms with Crippen molar-refractivity contribution in [2.24, 2.45) is 13.0 Å². The van der Waals surface area contributed by atoms with E-state index in [2.05, 4.69) is 15.6 Å². The number of aliphatic hydroxyl groups is 1. The van der Waals surface area contributed by atoms with Gasteiger partial charge in [-0.05, 0) is 31.4 Å². The van der Waals surface area contributed by atoms with Crippen LogP contribution in [0, 0.1) is 5.92 Å². The van der Waals surface area contributed by atoms with Crippen LogP contribution < -0.4 is 0 Å². The third kappa shape index (κ3) is 2.52. The number of hydrogen-bond acceptors (Lipinski definition) is 2. The van der Waals surface area contributed by atoms with E-state index in [0.717, 1.165) is 23.3 Å². The Balaban J connectivity index is 1.81. The Labute approximate surface area is 114 Å². The van der Waals surface area contributed by atoms with Crippen LogP contribution in [-0.2, 0) is 13.5 Å². The first-order valence-corrected chi connectivity index (χ1v) is 7.18. The van der Waals surface area contributed by atoms with Crippen molar-refractivity contribution in [3.63, 3.8) is 0 Å². The lowest BCUT2D eigenvalue weighted by Gasteiger charge is -2.33. The zero-order chi connectivity index (χ0) is 13.5. The molecule has 0 saturated heterocycles. The summed E-state index contributed by atoms with van der Waals surface area (Å²) in [5.41, 5.74) is 1.51. The monoisotopic (exact) mass is 258 g/mol. The number of aromatic nitrogens is 2. The maximum Gasteiger partial charge on any atom is 0.112 e. The molecule has 1 atom stereocenters. The van der Waals surface area contributed by atoms with Crippen molar-refractivity contribution >= 4 is 11.0 Å². The van der Waals surface area contributed by atoms with Crippen LogP contribution in [-0.4, -0.2) is 20.3 Å². The van der Waals surface area contributed by atoms with Crippen molar-refractivity contribution in [3.05, 3.63) is 30.1 Å². The third-order valence-electron chi connectivity index (χ3n) is 4.37. The first kappa shape index (κ1) is 12.7. The average molecular weight is 258 g/mol. The van der Waals surface area contributed by atoms with Crippen molar-refractivity contribution in [2.75, 3.05) is 0 Å². The van der Waals surface area contributed by atoms with E-state index in [1.807, 2.05) is 32.2 Å². The van der Waals surface area contributed by atoms with Gasteiger partial charge in [-0.15, -0.1) is 0 Å². The molecular weight excluding hydrogens is 236 g/mol. The summed E-state index contributed by atoms with van der Waals surface area (Å²) in [7, 11) is 2.03. The number of nitrogens with zero attached hydrogens (tertiary/aromatic N) is 2. The molecule has 3 heteroatoms. The van der Waals surface area contributed by atoms with Crippen LogP contribution in [0.25, 0.3) is 11.0 Å². The molecule has 1 aromatic heterocycles. The predicted molar refractivity (Wildman–Crippen MR) is 77.0 cm³/mol. The Morgan fingerprint density at radius 1 is 1.37 bits per heavy atom. The molecule has 0 aliphatic heterocycles. The topological polar surface area (TPSA) is 38.0 Å². The summed E-state index contributed by atoms with van der Waals surface area (Å²) < 4.78 is 2.10. The molecule has 1 saturated carbocycles. The van der Waals surface area contributed by atoms with Crippen LogP contribution in [0.15, 0.2) is 24.3 Å². The van der Waals surface area contributed by atoms with Gasteiger partial charge in [0.2, 0.25) is 0 Å². The highest BCUT2D eigenvalue weighted by Gasteiger charge is 2.30. The van der Waals surface area contributed by atoms with Gasteiger partial charge in [0, 0.05) is 13.5 Å². The summed E-state index contributed by atoms with van der Waals surface area (Å²) in [5, 5.41) is 10.6. The SMILES string of the molecule is Cn1c(CC(C)(O)CC2CCC2)nc2ccccc21. The summed E-state index contributed by atoms with van der Waals surface area (Å²) in [6.45, 7) is 1.95. The molecule has 2 aromatic rings. The van der Waals surface area contributed by atoms with Crippen LogP contribution in [0.2, 0.25) is 0 Å². The smallest absolute Gasteiger partial charge is 0.112 e. The summed E-state index contributed by atoms with van der Waals surface area (Å²) in [6.07, 6.45) is 5.41. The second kappa shape index (κ2) is 4.64. The van der Waals surface area contributed by atoms with Gasteiger partial charge >= 0.3 is 0 Å². The van der Waals surface area contributed by atoms with E-state index in [-0.39, 0.29) is 0 Å². The Bertz CT molecular complexity index is 581. The highest BCUT2D eigenvalue weighted by molar-refractivity contribution is 5.75. The summed E-state index contributed by atoms with van der Waals surface area (Å²) in [6, 6.07) is 8.14. The lowest BCUT2D eigenvalue weighted by atomic mass is 9.77. The van der Waals surface area contributed by atoms with Crippen molar-refractivity contribution in [2.45, 2.75) is 44.6 Å². The zero-order valence-electron chi connectivity index (χ0n) is 11.8. The average Bonchev–Trinajstić information content (AvgIpc) is 2.62. The number of imidazole rings is 1. The van der Waals surface area contributed by atoms with Crippen molar-refractivity contribution in [1.29, 1.82) is 0 Å². The lowest BCUT2D eigenvalue weighted by Crippen LogP contribution is -2.33. The van der Waals surface area contributed by atoms with E-state index in [1.165, 1.54) is 19.3 Å². The number of para-hydroxylation sites is 2. The number of aryl methyl sites for hydroxylation is 1. The predicted octanol–water partition coefficient (Wildman–Crippen LogP) is 3.06. The number of benzene rings is 1. The van der Waals surface area contributed by atoms with Gasteiger partial charge in [0.1, 0.15) is 5.82 Å². The van der Waals surface area contributed by atoms with E-state index < -0.39 is 5.60 Å². The van der Waals surface area contributed by atoms with Gasteiger partial charge in [-0.2, -0.15) is 0 Å². The molecule has 3 rings (SSSR count). The number of fused-ring (bicyclic) bond motifs is 1. The maximum atomic E-state index is 10.6. The summed E-state index contributed by atoms with van der Waals surface area (Å²) in [4.78, 5) is 4.65. The zero-order valence-corrected chi connectivity index (χ0v) is 11.8. The molecule has 1 fully saturated rings. The molecule has 0 bridgehead atoms. The highest BCUT2D eigenvalue weighted by atomic mass is 16.3. The Morgan fingerprint density at radius 3 is 2.74 bits per heavy atom. The number of rotatable bonds is 4. The number of hydrogen-bond donors (Lipinski definition) is 1. The van der Waals surface area contributed by atoms with E-state index in [4.69, 9.17) is 0 Å². The van der Waals surface area contributed by atoms with Gasteiger partial charge in [0.15, 0.2) is 0 Å². The molecule has 0 amide bonds. The van der Waals surface area contributed by atoms with Crippen molar-refractivity contribution in [1.82, 2.24) is 9.55 Å². The fourth-order valence-corrected chi connectivity index (χ4v) is 3.09. The third-order valence-corrected chi connectivity index (χ3v) is 4.37. The lowest BCUT2D eigenvalue weighted by molar-refractivity contribution is 0.0183. The van der Waals surface area contributed by atoms with Crippen molar-refractivity contribution in [3.8, 4) is 0 Å². The second-order valence-corrected chi connectivity index (χ2v) is 6.25. The van der Waals surface area contributed by atoms with Crippen LogP contribution in [0.5, 0.6) is 0 Å². The van der Waals surface area contributed by atoms with Crippen LogP contribution in [0.1, 0.15) is 38.4 Å². The fourth-order valence-electron chi connectivity index (χ4n) is 3.09.